The number of nitrogens with zero attached hydrogens (tertiary/aromatic N) is 3. The molecule has 0 bridgehead atoms. The van der Waals surface area contributed by atoms with Crippen molar-refractivity contribution in [1.82, 2.24) is 14.7 Å². The van der Waals surface area contributed by atoms with E-state index in [-0.39, 0.29) is 5.91 Å². The van der Waals surface area contributed by atoms with E-state index in [9.17, 15) is 4.79 Å². The molecule has 5 nitrogen and oxygen atoms in total. The minimum absolute atomic E-state index is 0.144. The van der Waals surface area contributed by atoms with Gasteiger partial charge in [-0.25, -0.2) is 0 Å². The molecule has 25 heavy (non-hydrogen) atoms. The Morgan fingerprint density at radius 1 is 1.00 bits per heavy atom. The average molecular weight is 345 g/mol. The molecule has 0 aromatic heterocycles. The minimum atomic E-state index is 0.144. The van der Waals surface area contributed by atoms with Crippen LogP contribution in [0.5, 0.6) is 0 Å². The molecule has 0 spiro atoms. The molecule has 2 saturated heterocycles. The molecule has 1 aromatic rings. The molecule has 2 unspecified atom stereocenters. The van der Waals surface area contributed by atoms with E-state index in [1.807, 2.05) is 29.2 Å². The third-order valence-corrected chi connectivity index (χ3v) is 5.91. The van der Waals surface area contributed by atoms with Gasteiger partial charge >= 0.3 is 0 Å². The van der Waals surface area contributed by atoms with E-state index in [1.54, 1.807) is 0 Å². The Morgan fingerprint density at radius 2 is 1.60 bits per heavy atom. The Kier molecular flexibility index (Phi) is 6.10. The summed E-state index contributed by atoms with van der Waals surface area (Å²) < 4.78 is 0. The molecule has 1 amide bonds. The maximum absolute atomic E-state index is 12.6. The lowest BCUT2D eigenvalue weighted by Gasteiger charge is -2.36. The number of benzene rings is 1. The molecule has 0 radical (unpaired) electrons. The Bertz CT molecular complexity index is 556. The highest BCUT2D eigenvalue weighted by Crippen LogP contribution is 2.23. The molecule has 2 aliphatic rings. The molecular weight excluding hydrogens is 312 g/mol. The predicted octanol–water partition coefficient (Wildman–Crippen LogP) is 1.78. The standard InChI is InChI=1S/C20H32N4O/c1-16-3-4-17(2)24(16)14-11-22-9-12-23(13-10-22)20(25)19-7-5-18(15-21)6-8-19/h5-8,16-17H,3-4,9-15,21H2,1-2H3. The van der Waals surface area contributed by atoms with E-state index >= 15 is 0 Å². The SMILES string of the molecule is CC1CCC(C)N1CCN1CCN(C(=O)c2ccc(CN)cc2)CC1. The highest BCUT2D eigenvalue weighted by molar-refractivity contribution is 5.94. The number of amides is 1. The van der Waals surface area contributed by atoms with Gasteiger partial charge < -0.3 is 10.6 Å². The van der Waals surface area contributed by atoms with Crippen LogP contribution < -0.4 is 5.73 Å². The molecule has 138 valence electrons. The summed E-state index contributed by atoms with van der Waals surface area (Å²) in [5.41, 5.74) is 7.45. The second-order valence-corrected chi connectivity index (χ2v) is 7.55. The molecule has 2 heterocycles. The highest BCUT2D eigenvalue weighted by atomic mass is 16.2. The highest BCUT2D eigenvalue weighted by Gasteiger charge is 2.28. The zero-order valence-electron chi connectivity index (χ0n) is 15.7. The minimum Gasteiger partial charge on any atom is -0.336 e. The van der Waals surface area contributed by atoms with Crippen molar-refractivity contribution >= 4 is 5.91 Å². The first kappa shape index (κ1) is 18.4. The van der Waals surface area contributed by atoms with Gasteiger partial charge in [0.15, 0.2) is 0 Å². The van der Waals surface area contributed by atoms with Crippen molar-refractivity contribution in [1.29, 1.82) is 0 Å². The van der Waals surface area contributed by atoms with E-state index in [4.69, 9.17) is 5.73 Å². The van der Waals surface area contributed by atoms with Crippen molar-refractivity contribution in [2.45, 2.75) is 45.3 Å². The van der Waals surface area contributed by atoms with E-state index in [2.05, 4.69) is 23.6 Å². The molecule has 3 rings (SSSR count). The molecule has 2 N–H and O–H groups in total. The summed E-state index contributed by atoms with van der Waals surface area (Å²) in [6, 6.07) is 9.12. The van der Waals surface area contributed by atoms with Crippen LogP contribution >= 0.6 is 0 Å². The lowest BCUT2D eigenvalue weighted by atomic mass is 10.1. The summed E-state index contributed by atoms with van der Waals surface area (Å²) in [6.45, 7) is 11.1. The summed E-state index contributed by atoms with van der Waals surface area (Å²) in [6.07, 6.45) is 2.65. The zero-order valence-corrected chi connectivity index (χ0v) is 15.7. The van der Waals surface area contributed by atoms with Crippen molar-refractivity contribution in [3.8, 4) is 0 Å². The van der Waals surface area contributed by atoms with Crippen molar-refractivity contribution < 1.29 is 4.79 Å². The molecule has 2 atom stereocenters. The van der Waals surface area contributed by atoms with Crippen LogP contribution in [0.4, 0.5) is 0 Å². The Hall–Kier alpha value is -1.43. The molecule has 1 aromatic carbocycles. The van der Waals surface area contributed by atoms with Gasteiger partial charge in [0.1, 0.15) is 0 Å². The van der Waals surface area contributed by atoms with Gasteiger partial charge in [-0.2, -0.15) is 0 Å². The lowest BCUT2D eigenvalue weighted by Crippen LogP contribution is -2.50. The van der Waals surface area contributed by atoms with Crippen LogP contribution in [-0.4, -0.2) is 72.0 Å². The molecule has 0 saturated carbocycles. The number of piperazine rings is 1. The first-order valence-electron chi connectivity index (χ1n) is 9.65. The quantitative estimate of drug-likeness (QED) is 0.885. The van der Waals surface area contributed by atoms with Gasteiger partial charge in [-0.15, -0.1) is 0 Å². The summed E-state index contributed by atoms with van der Waals surface area (Å²) in [4.78, 5) is 19.7. The number of carbonyl (C=O) groups excluding carboxylic acids is 1. The topological polar surface area (TPSA) is 52.8 Å². The van der Waals surface area contributed by atoms with E-state index < -0.39 is 0 Å². The fourth-order valence-corrected chi connectivity index (χ4v) is 4.09. The molecular formula is C20H32N4O. The molecule has 5 heteroatoms. The van der Waals surface area contributed by atoms with Crippen molar-refractivity contribution in [2.24, 2.45) is 5.73 Å². The molecule has 2 fully saturated rings. The van der Waals surface area contributed by atoms with Gasteiger partial charge in [0.25, 0.3) is 5.91 Å². The Morgan fingerprint density at radius 3 is 2.16 bits per heavy atom. The fraction of sp³-hybridized carbons (Fsp3) is 0.650. The van der Waals surface area contributed by atoms with Gasteiger partial charge in [-0.05, 0) is 44.4 Å². The average Bonchev–Trinajstić information content (AvgIpc) is 2.98. The largest absolute Gasteiger partial charge is 0.336 e. The van der Waals surface area contributed by atoms with Gasteiger partial charge in [-0.1, -0.05) is 12.1 Å². The van der Waals surface area contributed by atoms with Gasteiger partial charge in [0, 0.05) is 63.5 Å². The summed E-state index contributed by atoms with van der Waals surface area (Å²) >= 11 is 0. The summed E-state index contributed by atoms with van der Waals surface area (Å²) in [7, 11) is 0. The maximum atomic E-state index is 12.6. The van der Waals surface area contributed by atoms with E-state index in [0.717, 1.165) is 50.4 Å². The maximum Gasteiger partial charge on any atom is 0.253 e. The third-order valence-electron chi connectivity index (χ3n) is 5.91. The third kappa shape index (κ3) is 4.40. The van der Waals surface area contributed by atoms with Crippen molar-refractivity contribution in [3.05, 3.63) is 35.4 Å². The van der Waals surface area contributed by atoms with Gasteiger partial charge in [0.05, 0.1) is 0 Å². The van der Waals surface area contributed by atoms with E-state index in [1.165, 1.54) is 12.8 Å². The first-order valence-corrected chi connectivity index (χ1v) is 9.65. The van der Waals surface area contributed by atoms with Crippen LogP contribution in [0.1, 0.15) is 42.6 Å². The van der Waals surface area contributed by atoms with Crippen LogP contribution in [0.2, 0.25) is 0 Å². The number of hydrogen-bond acceptors (Lipinski definition) is 4. The number of hydrogen-bond donors (Lipinski definition) is 1. The normalized spacial score (nSPS) is 25.5. The summed E-state index contributed by atoms with van der Waals surface area (Å²) in [5, 5.41) is 0. The second-order valence-electron chi connectivity index (χ2n) is 7.55. The monoisotopic (exact) mass is 344 g/mol. The van der Waals surface area contributed by atoms with Gasteiger partial charge in [-0.3, -0.25) is 14.6 Å². The van der Waals surface area contributed by atoms with Crippen LogP contribution in [0, 0.1) is 0 Å². The van der Waals surface area contributed by atoms with Crippen molar-refractivity contribution in [2.75, 3.05) is 39.3 Å². The van der Waals surface area contributed by atoms with Crippen LogP contribution in [0.25, 0.3) is 0 Å². The lowest BCUT2D eigenvalue weighted by molar-refractivity contribution is 0.0614. The van der Waals surface area contributed by atoms with E-state index in [0.29, 0.717) is 18.6 Å². The Balaban J connectivity index is 1.45. The number of likely N-dealkylation sites (tertiary alicyclic amines) is 1. The number of rotatable bonds is 5. The summed E-state index contributed by atoms with van der Waals surface area (Å²) in [5.74, 6) is 0.144. The molecule has 0 aliphatic carbocycles. The number of carbonyl (C=O) groups is 1. The number of nitrogens with two attached hydrogens (primary N) is 1. The zero-order chi connectivity index (χ0) is 17.8. The van der Waals surface area contributed by atoms with Crippen molar-refractivity contribution in [3.63, 3.8) is 0 Å². The fourth-order valence-electron chi connectivity index (χ4n) is 4.09. The van der Waals surface area contributed by atoms with Crippen LogP contribution in [-0.2, 0) is 6.54 Å². The Labute approximate surface area is 151 Å². The predicted molar refractivity (Wildman–Crippen MR) is 102 cm³/mol. The van der Waals surface area contributed by atoms with Crippen LogP contribution in [0.15, 0.2) is 24.3 Å². The smallest absolute Gasteiger partial charge is 0.253 e. The second kappa shape index (κ2) is 8.30. The van der Waals surface area contributed by atoms with Gasteiger partial charge in [0.2, 0.25) is 0 Å². The first-order chi connectivity index (χ1) is 12.1. The molecule has 2 aliphatic heterocycles. The van der Waals surface area contributed by atoms with Crippen LogP contribution in [0.3, 0.4) is 0 Å².